The Kier molecular flexibility index (Phi) is 7.88. The van der Waals surface area contributed by atoms with Crippen LogP contribution >= 0.6 is 0 Å². The van der Waals surface area contributed by atoms with E-state index in [1.165, 1.54) is 28.3 Å². The van der Waals surface area contributed by atoms with Crippen molar-refractivity contribution in [3.8, 4) is 17.5 Å². The van der Waals surface area contributed by atoms with E-state index in [0.717, 1.165) is 27.8 Å². The van der Waals surface area contributed by atoms with Crippen LogP contribution in [0.1, 0.15) is 11.1 Å². The van der Waals surface area contributed by atoms with Crippen molar-refractivity contribution in [2.45, 2.75) is 26.4 Å². The number of alkyl halides is 3. The molecule has 38 heavy (non-hydrogen) atoms. The molecule has 0 radical (unpaired) electrons. The molecule has 0 aliphatic carbocycles. The zero-order valence-electron chi connectivity index (χ0n) is 20.6. The molecular formula is C25H25F3N4O6. The van der Waals surface area contributed by atoms with Crippen LogP contribution in [0.15, 0.2) is 58.1 Å². The van der Waals surface area contributed by atoms with Gasteiger partial charge in [0.25, 0.3) is 5.56 Å². The van der Waals surface area contributed by atoms with E-state index < -0.39 is 23.4 Å². The zero-order chi connectivity index (χ0) is 27.4. The number of rotatable bonds is 10. The lowest BCUT2D eigenvalue weighted by atomic mass is 10.1. The van der Waals surface area contributed by atoms with Gasteiger partial charge in [-0.2, -0.15) is 4.98 Å². The lowest BCUT2D eigenvalue weighted by Crippen LogP contribution is -2.40. The van der Waals surface area contributed by atoms with Crippen LogP contribution < -0.4 is 20.7 Å². The summed E-state index contributed by atoms with van der Waals surface area (Å²) in [6.07, 6.45) is -4.89. The highest BCUT2D eigenvalue weighted by Crippen LogP contribution is 2.30. The molecule has 2 aromatic heterocycles. The Labute approximate surface area is 214 Å². The zero-order valence-corrected chi connectivity index (χ0v) is 20.6. The van der Waals surface area contributed by atoms with E-state index in [1.54, 1.807) is 0 Å². The fourth-order valence-electron chi connectivity index (χ4n) is 3.81. The molecule has 0 aliphatic rings. The SMILES string of the molecule is Cc1ccc(Cn2c(Oc3cccc(OC(F)(F)F)c3)nc3c2c(=O)n(CCOCCO)c(=O)n3C)cc1. The first-order chi connectivity index (χ1) is 18.1. The highest BCUT2D eigenvalue weighted by Gasteiger charge is 2.31. The van der Waals surface area contributed by atoms with Crippen molar-refractivity contribution in [2.75, 3.05) is 19.8 Å². The van der Waals surface area contributed by atoms with Gasteiger partial charge in [-0.1, -0.05) is 35.9 Å². The Morgan fingerprint density at radius 2 is 1.71 bits per heavy atom. The van der Waals surface area contributed by atoms with E-state index >= 15 is 0 Å². The minimum atomic E-state index is -4.89. The lowest BCUT2D eigenvalue weighted by molar-refractivity contribution is -0.274. The highest BCUT2D eigenvalue weighted by atomic mass is 19.4. The first-order valence-corrected chi connectivity index (χ1v) is 11.6. The number of hydrogen-bond acceptors (Lipinski definition) is 7. The number of fused-ring (bicyclic) bond motifs is 1. The smallest absolute Gasteiger partial charge is 0.425 e. The van der Waals surface area contributed by atoms with Gasteiger partial charge in [0.05, 0.1) is 32.9 Å². The molecular weight excluding hydrogens is 509 g/mol. The number of ether oxygens (including phenoxy) is 3. The van der Waals surface area contributed by atoms with Crippen LogP contribution in [0.2, 0.25) is 0 Å². The van der Waals surface area contributed by atoms with Crippen LogP contribution in [0.5, 0.6) is 17.5 Å². The van der Waals surface area contributed by atoms with E-state index in [9.17, 15) is 22.8 Å². The minimum Gasteiger partial charge on any atom is -0.425 e. The van der Waals surface area contributed by atoms with Crippen molar-refractivity contribution < 1.29 is 32.5 Å². The first kappa shape index (κ1) is 26.9. The summed E-state index contributed by atoms with van der Waals surface area (Å²) in [6, 6.07) is 12.3. The van der Waals surface area contributed by atoms with Crippen LogP contribution in [-0.2, 0) is 24.9 Å². The second kappa shape index (κ2) is 11.1. The predicted octanol–water partition coefficient (Wildman–Crippen LogP) is 2.95. The van der Waals surface area contributed by atoms with E-state index in [1.807, 2.05) is 31.2 Å². The summed E-state index contributed by atoms with van der Waals surface area (Å²) in [5, 5.41) is 8.90. The van der Waals surface area contributed by atoms with Gasteiger partial charge in [0.2, 0.25) is 0 Å². The lowest BCUT2D eigenvalue weighted by Gasteiger charge is -2.13. The van der Waals surface area contributed by atoms with Gasteiger partial charge in [0.1, 0.15) is 11.5 Å². The van der Waals surface area contributed by atoms with Crippen molar-refractivity contribution in [1.82, 2.24) is 18.7 Å². The third-order valence-electron chi connectivity index (χ3n) is 5.60. The Morgan fingerprint density at radius 1 is 1.00 bits per heavy atom. The fourth-order valence-corrected chi connectivity index (χ4v) is 3.81. The van der Waals surface area contributed by atoms with Crippen LogP contribution in [0.3, 0.4) is 0 Å². The number of benzene rings is 2. The third-order valence-corrected chi connectivity index (χ3v) is 5.60. The first-order valence-electron chi connectivity index (χ1n) is 11.6. The maximum atomic E-state index is 13.5. The molecule has 0 atom stereocenters. The number of nitrogens with zero attached hydrogens (tertiary/aromatic N) is 4. The molecule has 202 valence electrons. The summed E-state index contributed by atoms with van der Waals surface area (Å²) in [5.74, 6) is -0.510. The van der Waals surface area contributed by atoms with Gasteiger partial charge in [-0.3, -0.25) is 18.5 Å². The Hall–Kier alpha value is -4.10. The summed E-state index contributed by atoms with van der Waals surface area (Å²) < 4.78 is 56.8. The minimum absolute atomic E-state index is 0.0165. The van der Waals surface area contributed by atoms with Crippen LogP contribution in [0.25, 0.3) is 11.2 Å². The van der Waals surface area contributed by atoms with Crippen LogP contribution in [0, 0.1) is 6.92 Å². The maximum Gasteiger partial charge on any atom is 0.573 e. The van der Waals surface area contributed by atoms with E-state index in [0.29, 0.717) is 0 Å². The normalized spacial score (nSPS) is 11.7. The second-order valence-electron chi connectivity index (χ2n) is 8.40. The molecule has 0 amide bonds. The topological polar surface area (TPSA) is 110 Å². The van der Waals surface area contributed by atoms with Gasteiger partial charge in [-0.15, -0.1) is 13.2 Å². The molecule has 0 aliphatic heterocycles. The summed E-state index contributed by atoms with van der Waals surface area (Å²) in [7, 11) is 1.44. The molecule has 0 spiro atoms. The highest BCUT2D eigenvalue weighted by molar-refractivity contribution is 5.72. The van der Waals surface area contributed by atoms with Crippen molar-refractivity contribution in [1.29, 1.82) is 0 Å². The molecule has 2 heterocycles. The number of aliphatic hydroxyl groups is 1. The average molecular weight is 534 g/mol. The number of aryl methyl sites for hydroxylation is 2. The van der Waals surface area contributed by atoms with Crippen LogP contribution in [-0.4, -0.2) is 50.0 Å². The quantitative estimate of drug-likeness (QED) is 0.312. The van der Waals surface area contributed by atoms with Crippen LogP contribution in [0.4, 0.5) is 13.2 Å². The van der Waals surface area contributed by atoms with Gasteiger partial charge in [-0.25, -0.2) is 4.79 Å². The predicted molar refractivity (Wildman–Crippen MR) is 131 cm³/mol. The molecule has 0 unspecified atom stereocenters. The van der Waals surface area contributed by atoms with Gasteiger partial charge in [0.15, 0.2) is 11.2 Å². The number of halogens is 3. The Balaban J connectivity index is 1.83. The summed E-state index contributed by atoms with van der Waals surface area (Å²) in [6.45, 7) is 1.85. The Morgan fingerprint density at radius 3 is 2.39 bits per heavy atom. The van der Waals surface area contributed by atoms with Gasteiger partial charge in [0, 0.05) is 13.1 Å². The molecule has 13 heteroatoms. The van der Waals surface area contributed by atoms with E-state index in [2.05, 4.69) is 9.72 Å². The summed E-state index contributed by atoms with van der Waals surface area (Å²) in [4.78, 5) is 30.8. The molecule has 4 aromatic rings. The number of aromatic nitrogens is 4. The standard InChI is InChI=1S/C25H25F3N4O6/c1-16-6-8-17(9-7-16)15-32-20-21(30(2)24(35)31(22(20)34)10-12-36-13-11-33)29-23(32)37-18-4-3-5-19(14-18)38-25(26,27)28/h3-9,14,33H,10-13,15H2,1-2H3. The number of aliphatic hydroxyl groups excluding tert-OH is 1. The van der Waals surface area contributed by atoms with E-state index in [4.69, 9.17) is 14.6 Å². The largest absolute Gasteiger partial charge is 0.573 e. The van der Waals surface area contributed by atoms with Crippen molar-refractivity contribution in [2.24, 2.45) is 7.05 Å². The summed E-state index contributed by atoms with van der Waals surface area (Å²) >= 11 is 0. The molecule has 0 saturated heterocycles. The van der Waals surface area contributed by atoms with E-state index in [-0.39, 0.29) is 55.8 Å². The molecule has 2 aromatic carbocycles. The van der Waals surface area contributed by atoms with Gasteiger partial charge >= 0.3 is 18.1 Å². The fraction of sp³-hybridized carbons (Fsp3) is 0.320. The molecule has 0 bridgehead atoms. The van der Waals surface area contributed by atoms with Crippen molar-refractivity contribution in [3.05, 3.63) is 80.5 Å². The van der Waals surface area contributed by atoms with Crippen molar-refractivity contribution >= 4 is 11.2 Å². The average Bonchev–Trinajstić information content (AvgIpc) is 3.20. The summed E-state index contributed by atoms with van der Waals surface area (Å²) in [5.41, 5.74) is 0.640. The molecule has 4 rings (SSSR count). The molecule has 10 nitrogen and oxygen atoms in total. The third kappa shape index (κ3) is 6.06. The number of hydrogen-bond donors (Lipinski definition) is 1. The monoisotopic (exact) mass is 534 g/mol. The Bertz CT molecular complexity index is 1540. The van der Waals surface area contributed by atoms with Crippen molar-refractivity contribution in [3.63, 3.8) is 0 Å². The molecule has 0 fully saturated rings. The molecule has 1 N–H and O–H groups in total. The van der Waals surface area contributed by atoms with Gasteiger partial charge < -0.3 is 19.3 Å². The maximum absolute atomic E-state index is 13.5. The second-order valence-corrected chi connectivity index (χ2v) is 8.40. The van der Waals surface area contributed by atoms with Gasteiger partial charge in [-0.05, 0) is 24.6 Å². The number of imidazole rings is 1. The molecule has 0 saturated carbocycles.